The van der Waals surface area contributed by atoms with E-state index in [4.69, 9.17) is 4.74 Å². The fourth-order valence-corrected chi connectivity index (χ4v) is 2.94. The highest BCUT2D eigenvalue weighted by Gasteiger charge is 2.22. The Hall–Kier alpha value is -3.36. The quantitative estimate of drug-likeness (QED) is 0.603. The zero-order valence-electron chi connectivity index (χ0n) is 15.9. The molecule has 0 aliphatic heterocycles. The van der Waals surface area contributed by atoms with E-state index < -0.39 is 11.2 Å². The number of carbonyl (C=O) groups is 1. The number of benzene rings is 1. The first-order valence-corrected chi connectivity index (χ1v) is 8.27. The van der Waals surface area contributed by atoms with E-state index in [2.05, 4.69) is 4.98 Å². The molecule has 9 heteroatoms. The number of imidazole rings is 1. The van der Waals surface area contributed by atoms with E-state index in [0.717, 1.165) is 4.57 Å². The van der Waals surface area contributed by atoms with Gasteiger partial charge in [0.1, 0.15) is 5.75 Å². The van der Waals surface area contributed by atoms with Crippen LogP contribution in [0, 0.1) is 0 Å². The summed E-state index contributed by atoms with van der Waals surface area (Å²) in [5.74, 6) is 0.888. The summed E-state index contributed by atoms with van der Waals surface area (Å²) in [5, 5.41) is 0. The van der Waals surface area contributed by atoms with Crippen LogP contribution in [0.3, 0.4) is 0 Å². The van der Waals surface area contributed by atoms with Crippen LogP contribution in [-0.4, -0.2) is 45.7 Å². The van der Waals surface area contributed by atoms with Gasteiger partial charge in [-0.2, -0.15) is 4.98 Å². The van der Waals surface area contributed by atoms with Crippen molar-refractivity contribution < 1.29 is 9.53 Å². The summed E-state index contributed by atoms with van der Waals surface area (Å²) < 4.78 is 8.97. The van der Waals surface area contributed by atoms with Gasteiger partial charge in [0.15, 0.2) is 16.9 Å². The Labute approximate surface area is 155 Å². The number of hydrogen-bond acceptors (Lipinski definition) is 6. The van der Waals surface area contributed by atoms with Crippen molar-refractivity contribution in [3.63, 3.8) is 0 Å². The number of aromatic nitrogens is 4. The molecule has 0 radical (unpaired) electrons. The zero-order valence-corrected chi connectivity index (χ0v) is 15.9. The zero-order chi connectivity index (χ0) is 19.9. The van der Waals surface area contributed by atoms with Crippen molar-refractivity contribution >= 4 is 22.9 Å². The molecule has 2 aromatic heterocycles. The van der Waals surface area contributed by atoms with Crippen molar-refractivity contribution in [3.8, 4) is 5.75 Å². The molecule has 27 heavy (non-hydrogen) atoms. The summed E-state index contributed by atoms with van der Waals surface area (Å²) in [6.45, 7) is -0.0796. The van der Waals surface area contributed by atoms with E-state index in [1.165, 1.54) is 11.6 Å². The van der Waals surface area contributed by atoms with Gasteiger partial charge in [-0.25, -0.2) is 4.79 Å². The summed E-state index contributed by atoms with van der Waals surface area (Å²) >= 11 is 0. The predicted molar refractivity (Wildman–Crippen MR) is 102 cm³/mol. The summed E-state index contributed by atoms with van der Waals surface area (Å²) in [6, 6.07) is 6.75. The molecule has 0 saturated carbocycles. The van der Waals surface area contributed by atoms with Crippen LogP contribution in [0.15, 0.2) is 33.9 Å². The summed E-state index contributed by atoms with van der Waals surface area (Å²) in [4.78, 5) is 43.8. The number of ketones is 1. The number of ether oxygens (including phenoxy) is 1. The van der Waals surface area contributed by atoms with Gasteiger partial charge in [0.05, 0.1) is 13.7 Å². The van der Waals surface area contributed by atoms with Crippen LogP contribution in [0.5, 0.6) is 5.75 Å². The van der Waals surface area contributed by atoms with E-state index in [0.29, 0.717) is 17.3 Å². The maximum absolute atomic E-state index is 12.8. The minimum atomic E-state index is -0.490. The molecule has 0 fully saturated rings. The number of rotatable bonds is 5. The van der Waals surface area contributed by atoms with Crippen LogP contribution in [0.1, 0.15) is 10.4 Å². The first kappa shape index (κ1) is 18.4. The molecule has 0 atom stereocenters. The Morgan fingerprint density at radius 3 is 2.30 bits per heavy atom. The standard InChI is InChI=1S/C18H21N5O4/c1-20(2)17-19-15-14(16(25)22(4)18(26)21(15)3)23(17)10-13(24)11-6-8-12(27-5)9-7-11/h6-9H,10H2,1-5H3. The average molecular weight is 371 g/mol. The Bertz CT molecular complexity index is 1140. The second kappa shape index (κ2) is 6.75. The summed E-state index contributed by atoms with van der Waals surface area (Å²) in [6.07, 6.45) is 0. The van der Waals surface area contributed by atoms with E-state index in [9.17, 15) is 14.4 Å². The number of Topliss-reactive ketones (excluding diaryl/α,β-unsaturated/α-hetero) is 1. The molecular weight excluding hydrogens is 350 g/mol. The molecule has 3 aromatic rings. The number of fused-ring (bicyclic) bond motifs is 1. The van der Waals surface area contributed by atoms with E-state index in [-0.39, 0.29) is 23.5 Å². The number of anilines is 1. The van der Waals surface area contributed by atoms with Gasteiger partial charge >= 0.3 is 5.69 Å². The molecular formula is C18H21N5O4. The highest BCUT2D eigenvalue weighted by molar-refractivity contribution is 5.97. The molecule has 142 valence electrons. The lowest BCUT2D eigenvalue weighted by molar-refractivity contribution is 0.0973. The molecule has 1 aromatic carbocycles. The molecule has 0 N–H and O–H groups in total. The van der Waals surface area contributed by atoms with Crippen molar-refractivity contribution in [1.82, 2.24) is 18.7 Å². The molecule has 0 amide bonds. The maximum atomic E-state index is 12.8. The number of nitrogens with zero attached hydrogens (tertiary/aromatic N) is 5. The molecule has 9 nitrogen and oxygen atoms in total. The first-order valence-electron chi connectivity index (χ1n) is 8.27. The second-order valence-corrected chi connectivity index (χ2v) is 6.42. The van der Waals surface area contributed by atoms with Crippen molar-refractivity contribution in [2.45, 2.75) is 6.54 Å². The fraction of sp³-hybridized carbons (Fsp3) is 0.333. The van der Waals surface area contributed by atoms with Crippen LogP contribution in [0.4, 0.5) is 5.95 Å². The van der Waals surface area contributed by atoms with E-state index in [1.807, 2.05) is 0 Å². The molecule has 0 saturated heterocycles. The topological polar surface area (TPSA) is 91.4 Å². The Balaban J connectivity index is 2.17. The third-order valence-corrected chi connectivity index (χ3v) is 4.44. The Morgan fingerprint density at radius 2 is 1.74 bits per heavy atom. The van der Waals surface area contributed by atoms with Gasteiger partial charge in [-0.05, 0) is 24.3 Å². The summed E-state index contributed by atoms with van der Waals surface area (Å²) in [7, 11) is 8.03. The number of hydrogen-bond donors (Lipinski definition) is 0. The van der Waals surface area contributed by atoms with Crippen molar-refractivity contribution in [1.29, 1.82) is 0 Å². The van der Waals surface area contributed by atoms with Crippen LogP contribution in [0.25, 0.3) is 11.2 Å². The number of carbonyl (C=O) groups excluding carboxylic acids is 1. The summed E-state index contributed by atoms with van der Waals surface area (Å²) in [5.41, 5.74) is -0.0105. The van der Waals surface area contributed by atoms with Crippen LogP contribution in [-0.2, 0) is 20.6 Å². The molecule has 2 heterocycles. The molecule has 0 bridgehead atoms. The minimum absolute atomic E-state index is 0.0796. The molecule has 0 aliphatic carbocycles. The van der Waals surface area contributed by atoms with Crippen molar-refractivity contribution in [3.05, 3.63) is 50.7 Å². The van der Waals surface area contributed by atoms with E-state index >= 15 is 0 Å². The van der Waals surface area contributed by atoms with Crippen molar-refractivity contribution in [2.75, 3.05) is 26.1 Å². The highest BCUT2D eigenvalue weighted by Crippen LogP contribution is 2.19. The third-order valence-electron chi connectivity index (χ3n) is 4.44. The van der Waals surface area contributed by atoms with Crippen LogP contribution >= 0.6 is 0 Å². The van der Waals surface area contributed by atoms with Gasteiger partial charge in [0.2, 0.25) is 5.95 Å². The van der Waals surface area contributed by atoms with Gasteiger partial charge in [0.25, 0.3) is 5.56 Å². The lowest BCUT2D eigenvalue weighted by Gasteiger charge is -2.14. The molecule has 0 aliphatic rings. The van der Waals surface area contributed by atoms with Crippen LogP contribution < -0.4 is 20.9 Å². The maximum Gasteiger partial charge on any atom is 0.332 e. The number of aryl methyl sites for hydroxylation is 1. The van der Waals surface area contributed by atoms with Gasteiger partial charge in [0, 0.05) is 33.8 Å². The van der Waals surface area contributed by atoms with Gasteiger partial charge in [-0.1, -0.05) is 0 Å². The second-order valence-electron chi connectivity index (χ2n) is 6.42. The average Bonchev–Trinajstić information content (AvgIpc) is 3.04. The largest absolute Gasteiger partial charge is 0.497 e. The molecule has 0 spiro atoms. The molecule has 0 unspecified atom stereocenters. The lowest BCUT2D eigenvalue weighted by atomic mass is 10.1. The van der Waals surface area contributed by atoms with Gasteiger partial charge < -0.3 is 9.64 Å². The Morgan fingerprint density at radius 1 is 1.11 bits per heavy atom. The van der Waals surface area contributed by atoms with Crippen LogP contribution in [0.2, 0.25) is 0 Å². The van der Waals surface area contributed by atoms with Gasteiger partial charge in [-0.15, -0.1) is 0 Å². The fourth-order valence-electron chi connectivity index (χ4n) is 2.94. The highest BCUT2D eigenvalue weighted by atomic mass is 16.5. The van der Waals surface area contributed by atoms with E-state index in [1.54, 1.807) is 62.0 Å². The number of methoxy groups -OCH3 is 1. The van der Waals surface area contributed by atoms with Crippen molar-refractivity contribution in [2.24, 2.45) is 14.1 Å². The first-order chi connectivity index (χ1) is 12.8. The normalized spacial score (nSPS) is 11.0. The van der Waals surface area contributed by atoms with Gasteiger partial charge in [-0.3, -0.25) is 23.3 Å². The predicted octanol–water partition coefficient (Wildman–Crippen LogP) is 0.391. The monoisotopic (exact) mass is 371 g/mol. The Kier molecular flexibility index (Phi) is 4.61. The molecule has 3 rings (SSSR count). The SMILES string of the molecule is COc1ccc(C(=O)Cn2c(N(C)C)nc3c2c(=O)n(C)c(=O)n3C)cc1. The lowest BCUT2D eigenvalue weighted by Crippen LogP contribution is -2.37. The third kappa shape index (κ3) is 3.01. The minimum Gasteiger partial charge on any atom is -0.497 e. The smallest absolute Gasteiger partial charge is 0.332 e.